The molecule has 2 aliphatic rings. The zero-order chi connectivity index (χ0) is 11.7. The summed E-state index contributed by atoms with van der Waals surface area (Å²) in [5, 5.41) is 9.00. The van der Waals surface area contributed by atoms with E-state index in [4.69, 9.17) is 5.11 Å². The quantitative estimate of drug-likeness (QED) is 0.798. The predicted octanol–water partition coefficient (Wildman–Crippen LogP) is 2.36. The molecule has 0 heterocycles. The van der Waals surface area contributed by atoms with Crippen LogP contribution in [-0.2, 0) is 4.79 Å². The summed E-state index contributed by atoms with van der Waals surface area (Å²) in [6, 6.07) is 1.07. The summed E-state index contributed by atoms with van der Waals surface area (Å²) in [5.74, 6) is 0.722. The van der Waals surface area contributed by atoms with Crippen LogP contribution in [0.5, 0.6) is 0 Å². The van der Waals surface area contributed by atoms with Crippen LogP contribution in [0.1, 0.15) is 46.0 Å². The standard InChI is InChI=1S/C13H23NO2/c1-9-4-3-5-12(10(9)2)14(8-13(15)16)11-6-7-11/h9-12H,3-8H2,1-2H3,(H,15,16). The van der Waals surface area contributed by atoms with Gasteiger partial charge >= 0.3 is 5.97 Å². The van der Waals surface area contributed by atoms with E-state index in [0.717, 1.165) is 5.92 Å². The summed E-state index contributed by atoms with van der Waals surface area (Å²) in [5.41, 5.74) is 0. The first-order chi connectivity index (χ1) is 7.59. The van der Waals surface area contributed by atoms with Crippen molar-refractivity contribution in [2.24, 2.45) is 11.8 Å². The molecule has 2 aliphatic carbocycles. The molecule has 3 unspecified atom stereocenters. The number of nitrogens with zero attached hydrogens (tertiary/aromatic N) is 1. The molecule has 3 heteroatoms. The van der Waals surface area contributed by atoms with Gasteiger partial charge in [-0.15, -0.1) is 0 Å². The van der Waals surface area contributed by atoms with Crippen LogP contribution < -0.4 is 0 Å². The summed E-state index contributed by atoms with van der Waals surface area (Å²) in [6.07, 6.45) is 6.16. The largest absolute Gasteiger partial charge is 0.480 e. The summed E-state index contributed by atoms with van der Waals surface area (Å²) < 4.78 is 0. The van der Waals surface area contributed by atoms with E-state index < -0.39 is 5.97 Å². The molecule has 0 amide bonds. The van der Waals surface area contributed by atoms with Gasteiger partial charge < -0.3 is 5.11 Å². The minimum absolute atomic E-state index is 0.242. The zero-order valence-corrected chi connectivity index (χ0v) is 10.4. The van der Waals surface area contributed by atoms with Crippen LogP contribution in [0.4, 0.5) is 0 Å². The summed E-state index contributed by atoms with van der Waals surface area (Å²) >= 11 is 0. The molecular formula is C13H23NO2. The molecule has 16 heavy (non-hydrogen) atoms. The van der Waals surface area contributed by atoms with E-state index in [0.29, 0.717) is 18.0 Å². The third kappa shape index (κ3) is 2.57. The van der Waals surface area contributed by atoms with Crippen LogP contribution in [0.15, 0.2) is 0 Å². The van der Waals surface area contributed by atoms with Crippen molar-refractivity contribution < 1.29 is 9.90 Å². The Balaban J connectivity index is 2.03. The topological polar surface area (TPSA) is 40.5 Å². The van der Waals surface area contributed by atoms with Gasteiger partial charge in [0, 0.05) is 12.1 Å². The van der Waals surface area contributed by atoms with Gasteiger partial charge in [0.1, 0.15) is 0 Å². The Hall–Kier alpha value is -0.570. The maximum atomic E-state index is 10.9. The van der Waals surface area contributed by atoms with Crippen molar-refractivity contribution in [1.29, 1.82) is 0 Å². The normalized spacial score (nSPS) is 35.3. The molecular weight excluding hydrogens is 202 g/mol. The molecule has 0 aromatic heterocycles. The van der Waals surface area contributed by atoms with Crippen LogP contribution in [0, 0.1) is 11.8 Å². The SMILES string of the molecule is CC1CCCC(N(CC(=O)O)C2CC2)C1C. The molecule has 0 radical (unpaired) electrons. The summed E-state index contributed by atoms with van der Waals surface area (Å²) in [7, 11) is 0. The number of carbonyl (C=O) groups is 1. The Morgan fingerprint density at radius 3 is 2.50 bits per heavy atom. The Labute approximate surface area is 97.8 Å². The molecule has 0 spiro atoms. The van der Waals surface area contributed by atoms with Gasteiger partial charge in [-0.05, 0) is 31.1 Å². The molecule has 2 saturated carbocycles. The molecule has 3 nitrogen and oxygen atoms in total. The van der Waals surface area contributed by atoms with E-state index in [-0.39, 0.29) is 6.54 Å². The van der Waals surface area contributed by atoms with Gasteiger partial charge in [0.05, 0.1) is 6.54 Å². The van der Waals surface area contributed by atoms with E-state index in [1.807, 2.05) is 0 Å². The smallest absolute Gasteiger partial charge is 0.317 e. The van der Waals surface area contributed by atoms with Crippen molar-refractivity contribution >= 4 is 5.97 Å². The Kier molecular flexibility index (Phi) is 3.53. The van der Waals surface area contributed by atoms with Crippen molar-refractivity contribution in [3.63, 3.8) is 0 Å². The average molecular weight is 225 g/mol. The first kappa shape index (κ1) is 11.9. The lowest BCUT2D eigenvalue weighted by molar-refractivity contribution is -0.139. The molecule has 0 aromatic rings. The van der Waals surface area contributed by atoms with E-state index in [1.165, 1.54) is 32.1 Å². The number of hydrogen-bond acceptors (Lipinski definition) is 2. The molecule has 0 bridgehead atoms. The zero-order valence-electron chi connectivity index (χ0n) is 10.4. The second kappa shape index (κ2) is 4.74. The second-order valence-corrected chi connectivity index (χ2v) is 5.63. The van der Waals surface area contributed by atoms with E-state index >= 15 is 0 Å². The molecule has 0 aromatic carbocycles. The first-order valence-corrected chi connectivity index (χ1v) is 6.57. The van der Waals surface area contributed by atoms with E-state index in [9.17, 15) is 4.79 Å². The Morgan fingerprint density at radius 1 is 1.25 bits per heavy atom. The van der Waals surface area contributed by atoms with Gasteiger partial charge in [0.2, 0.25) is 0 Å². The average Bonchev–Trinajstić information content (AvgIpc) is 3.02. The molecule has 2 fully saturated rings. The molecule has 2 rings (SSSR count). The number of carboxylic acids is 1. The van der Waals surface area contributed by atoms with Crippen molar-refractivity contribution in [2.75, 3.05) is 6.54 Å². The number of aliphatic carboxylic acids is 1. The fourth-order valence-corrected chi connectivity index (χ4v) is 3.10. The third-order valence-corrected chi connectivity index (χ3v) is 4.42. The van der Waals surface area contributed by atoms with E-state index in [1.54, 1.807) is 0 Å². The fourth-order valence-electron chi connectivity index (χ4n) is 3.10. The monoisotopic (exact) mass is 225 g/mol. The molecule has 3 atom stereocenters. The molecule has 0 saturated heterocycles. The summed E-state index contributed by atoms with van der Waals surface area (Å²) in [6.45, 7) is 4.85. The lowest BCUT2D eigenvalue weighted by atomic mass is 9.77. The Morgan fingerprint density at radius 2 is 1.94 bits per heavy atom. The lowest BCUT2D eigenvalue weighted by Crippen LogP contribution is -2.47. The van der Waals surface area contributed by atoms with Crippen molar-refractivity contribution in [3.05, 3.63) is 0 Å². The third-order valence-electron chi connectivity index (χ3n) is 4.42. The maximum absolute atomic E-state index is 10.9. The van der Waals surface area contributed by atoms with Crippen LogP contribution in [0.2, 0.25) is 0 Å². The summed E-state index contributed by atoms with van der Waals surface area (Å²) in [4.78, 5) is 13.2. The van der Waals surface area contributed by atoms with Crippen molar-refractivity contribution in [1.82, 2.24) is 4.90 Å². The van der Waals surface area contributed by atoms with Crippen LogP contribution >= 0.6 is 0 Å². The number of rotatable bonds is 4. The Bertz CT molecular complexity index is 263. The van der Waals surface area contributed by atoms with Crippen LogP contribution in [-0.4, -0.2) is 34.6 Å². The predicted molar refractivity (Wildman–Crippen MR) is 63.3 cm³/mol. The van der Waals surface area contributed by atoms with Crippen molar-refractivity contribution in [2.45, 2.75) is 58.0 Å². The van der Waals surface area contributed by atoms with Gasteiger partial charge in [0.25, 0.3) is 0 Å². The van der Waals surface area contributed by atoms with Gasteiger partial charge in [-0.25, -0.2) is 0 Å². The van der Waals surface area contributed by atoms with Crippen molar-refractivity contribution in [3.8, 4) is 0 Å². The van der Waals surface area contributed by atoms with Gasteiger partial charge in [-0.1, -0.05) is 26.7 Å². The first-order valence-electron chi connectivity index (χ1n) is 6.57. The van der Waals surface area contributed by atoms with Crippen LogP contribution in [0.3, 0.4) is 0 Å². The molecule has 1 N–H and O–H groups in total. The minimum Gasteiger partial charge on any atom is -0.480 e. The van der Waals surface area contributed by atoms with Crippen LogP contribution in [0.25, 0.3) is 0 Å². The highest BCUT2D eigenvalue weighted by atomic mass is 16.4. The van der Waals surface area contributed by atoms with Gasteiger partial charge in [-0.3, -0.25) is 9.69 Å². The highest BCUT2D eigenvalue weighted by Crippen LogP contribution is 2.38. The fraction of sp³-hybridized carbons (Fsp3) is 0.923. The minimum atomic E-state index is -0.669. The second-order valence-electron chi connectivity index (χ2n) is 5.63. The lowest BCUT2D eigenvalue weighted by Gasteiger charge is -2.41. The van der Waals surface area contributed by atoms with E-state index in [2.05, 4.69) is 18.7 Å². The molecule has 0 aliphatic heterocycles. The maximum Gasteiger partial charge on any atom is 0.317 e. The highest BCUT2D eigenvalue weighted by Gasteiger charge is 2.39. The molecule has 92 valence electrons. The van der Waals surface area contributed by atoms with Gasteiger partial charge in [-0.2, -0.15) is 0 Å². The highest BCUT2D eigenvalue weighted by molar-refractivity contribution is 5.69. The number of hydrogen-bond donors (Lipinski definition) is 1. The van der Waals surface area contributed by atoms with Gasteiger partial charge in [0.15, 0.2) is 0 Å². The number of carboxylic acid groups (broad SMARTS) is 1.